The molecule has 0 saturated carbocycles. The average Bonchev–Trinajstić information content (AvgIpc) is 3.08. The van der Waals surface area contributed by atoms with Crippen LogP contribution in [0, 0.1) is 0 Å². The van der Waals surface area contributed by atoms with Crippen molar-refractivity contribution in [2.75, 3.05) is 43.1 Å². The van der Waals surface area contributed by atoms with E-state index in [4.69, 9.17) is 9.47 Å². The number of rotatable bonds is 5. The molecule has 0 aliphatic carbocycles. The summed E-state index contributed by atoms with van der Waals surface area (Å²) in [5, 5.41) is 2.74. The number of carbonyl (C=O) groups is 3. The summed E-state index contributed by atoms with van der Waals surface area (Å²) in [6.07, 6.45) is 0. The number of anilines is 2. The van der Waals surface area contributed by atoms with Gasteiger partial charge in [0.05, 0.1) is 0 Å². The van der Waals surface area contributed by atoms with Crippen LogP contribution in [0.25, 0.3) is 0 Å². The number of carbonyl (C=O) groups excluding carboxylic acids is 3. The number of benzene rings is 2. The van der Waals surface area contributed by atoms with E-state index in [0.717, 1.165) is 0 Å². The fourth-order valence-corrected chi connectivity index (χ4v) is 3.36. The molecule has 29 heavy (non-hydrogen) atoms. The largest absolute Gasteiger partial charge is 0.486 e. The first-order chi connectivity index (χ1) is 14.0. The fraction of sp³-hybridized carbons (Fsp3) is 0.286. The first kappa shape index (κ1) is 18.8. The zero-order valence-corrected chi connectivity index (χ0v) is 16.0. The zero-order valence-electron chi connectivity index (χ0n) is 16.0. The Bertz CT molecular complexity index is 975. The number of ether oxygens (including phenoxy) is 2. The van der Waals surface area contributed by atoms with Crippen molar-refractivity contribution in [1.82, 2.24) is 4.90 Å². The monoisotopic (exact) mass is 395 g/mol. The van der Waals surface area contributed by atoms with Gasteiger partial charge < -0.3 is 19.7 Å². The van der Waals surface area contributed by atoms with Crippen molar-refractivity contribution in [3.8, 4) is 11.5 Å². The lowest BCUT2D eigenvalue weighted by atomic mass is 10.1. The average molecular weight is 395 g/mol. The van der Waals surface area contributed by atoms with Gasteiger partial charge in [0.25, 0.3) is 0 Å². The molecule has 8 nitrogen and oxygen atoms in total. The molecule has 2 aliphatic rings. The Balaban J connectivity index is 1.39. The number of ketones is 1. The third-order valence-corrected chi connectivity index (χ3v) is 4.82. The Morgan fingerprint density at radius 3 is 2.62 bits per heavy atom. The Kier molecular flexibility index (Phi) is 5.07. The Labute approximate surface area is 168 Å². The number of fused-ring (bicyclic) bond motifs is 1. The SMILES string of the molecule is CC(=O)c1cccc(NC(=O)CN2CCN(c3ccc4c(c3)OCCO4)C2=O)c1. The van der Waals surface area contributed by atoms with Gasteiger partial charge in [-0.3, -0.25) is 14.5 Å². The van der Waals surface area contributed by atoms with Crippen LogP contribution in [-0.2, 0) is 4.79 Å². The highest BCUT2D eigenvalue weighted by Gasteiger charge is 2.31. The minimum atomic E-state index is -0.317. The molecule has 0 aromatic heterocycles. The maximum Gasteiger partial charge on any atom is 0.325 e. The van der Waals surface area contributed by atoms with Gasteiger partial charge in [-0.1, -0.05) is 12.1 Å². The van der Waals surface area contributed by atoms with E-state index in [1.54, 1.807) is 41.3 Å². The van der Waals surface area contributed by atoms with Crippen LogP contribution in [0.5, 0.6) is 11.5 Å². The molecular formula is C21H21N3O5. The summed E-state index contributed by atoms with van der Waals surface area (Å²) in [6.45, 7) is 3.30. The lowest BCUT2D eigenvalue weighted by Crippen LogP contribution is -2.37. The number of Topliss-reactive ketones (excluding diaryl/α,β-unsaturated/α-hetero) is 1. The van der Waals surface area contributed by atoms with E-state index in [0.29, 0.717) is 54.7 Å². The van der Waals surface area contributed by atoms with Crippen LogP contribution in [0.4, 0.5) is 16.2 Å². The highest BCUT2D eigenvalue weighted by molar-refractivity contribution is 6.00. The number of amides is 3. The predicted molar refractivity (Wildman–Crippen MR) is 107 cm³/mol. The van der Waals surface area contributed by atoms with E-state index >= 15 is 0 Å². The fourth-order valence-electron chi connectivity index (χ4n) is 3.36. The van der Waals surface area contributed by atoms with Gasteiger partial charge >= 0.3 is 6.03 Å². The molecule has 1 fully saturated rings. The van der Waals surface area contributed by atoms with E-state index in [1.165, 1.54) is 11.8 Å². The molecule has 1 N–H and O–H groups in total. The van der Waals surface area contributed by atoms with Crippen molar-refractivity contribution in [2.45, 2.75) is 6.92 Å². The molecule has 0 radical (unpaired) electrons. The van der Waals surface area contributed by atoms with Crippen LogP contribution in [0.15, 0.2) is 42.5 Å². The summed E-state index contributed by atoms with van der Waals surface area (Å²) >= 11 is 0. The first-order valence-corrected chi connectivity index (χ1v) is 9.38. The van der Waals surface area contributed by atoms with Gasteiger partial charge in [0.1, 0.15) is 19.8 Å². The van der Waals surface area contributed by atoms with E-state index in [9.17, 15) is 14.4 Å². The number of hydrogen-bond acceptors (Lipinski definition) is 5. The van der Waals surface area contributed by atoms with Crippen LogP contribution in [-0.4, -0.2) is 55.5 Å². The van der Waals surface area contributed by atoms with Crippen molar-refractivity contribution in [3.63, 3.8) is 0 Å². The third-order valence-electron chi connectivity index (χ3n) is 4.82. The predicted octanol–water partition coefficient (Wildman–Crippen LogP) is 2.54. The molecular weight excluding hydrogens is 374 g/mol. The molecule has 8 heteroatoms. The van der Waals surface area contributed by atoms with Gasteiger partial charge in [-0.15, -0.1) is 0 Å². The number of urea groups is 1. The van der Waals surface area contributed by atoms with E-state index in [-0.39, 0.29) is 24.3 Å². The zero-order chi connectivity index (χ0) is 20.4. The molecule has 3 amide bonds. The van der Waals surface area contributed by atoms with Crippen LogP contribution >= 0.6 is 0 Å². The highest BCUT2D eigenvalue weighted by Crippen LogP contribution is 2.35. The van der Waals surface area contributed by atoms with Crippen LogP contribution in [0.2, 0.25) is 0 Å². The molecule has 1 saturated heterocycles. The van der Waals surface area contributed by atoms with Gasteiger partial charge in [-0.25, -0.2) is 4.79 Å². The van der Waals surface area contributed by atoms with Gasteiger partial charge in [-0.05, 0) is 31.2 Å². The molecule has 0 bridgehead atoms. The van der Waals surface area contributed by atoms with Gasteiger partial charge in [0.2, 0.25) is 5.91 Å². The third kappa shape index (κ3) is 4.01. The molecule has 2 aromatic rings. The second-order valence-corrected chi connectivity index (χ2v) is 6.87. The standard InChI is InChI=1S/C21H21N3O5/c1-14(25)15-3-2-4-16(11-15)22-20(26)13-23-7-8-24(21(23)27)17-5-6-18-19(12-17)29-10-9-28-18/h2-6,11-12H,7-10,13H2,1H3,(H,22,26). The molecule has 2 aromatic carbocycles. The number of nitrogens with one attached hydrogen (secondary N) is 1. The highest BCUT2D eigenvalue weighted by atomic mass is 16.6. The topological polar surface area (TPSA) is 88.2 Å². The molecule has 4 rings (SSSR count). The van der Waals surface area contributed by atoms with Crippen LogP contribution in [0.3, 0.4) is 0 Å². The van der Waals surface area contributed by atoms with Gasteiger partial charge in [-0.2, -0.15) is 0 Å². The van der Waals surface area contributed by atoms with Gasteiger partial charge in [0.15, 0.2) is 17.3 Å². The lowest BCUT2D eigenvalue weighted by molar-refractivity contribution is -0.116. The van der Waals surface area contributed by atoms with Gasteiger partial charge in [0, 0.05) is 36.1 Å². The van der Waals surface area contributed by atoms with Crippen molar-refractivity contribution < 1.29 is 23.9 Å². The van der Waals surface area contributed by atoms with Crippen molar-refractivity contribution >= 4 is 29.1 Å². The van der Waals surface area contributed by atoms with Crippen LogP contribution < -0.4 is 19.7 Å². The van der Waals surface area contributed by atoms with Crippen molar-refractivity contribution in [1.29, 1.82) is 0 Å². The van der Waals surface area contributed by atoms with Crippen molar-refractivity contribution in [2.24, 2.45) is 0 Å². The Morgan fingerprint density at radius 2 is 1.83 bits per heavy atom. The maximum atomic E-state index is 12.8. The first-order valence-electron chi connectivity index (χ1n) is 9.38. The summed E-state index contributed by atoms with van der Waals surface area (Å²) in [5.74, 6) is 0.882. The summed E-state index contributed by atoms with van der Waals surface area (Å²) in [4.78, 5) is 39.7. The number of nitrogens with zero attached hydrogens (tertiary/aromatic N) is 2. The Morgan fingerprint density at radius 1 is 1.03 bits per heavy atom. The second-order valence-electron chi connectivity index (χ2n) is 6.87. The molecule has 150 valence electrons. The molecule has 0 unspecified atom stereocenters. The summed E-state index contributed by atoms with van der Waals surface area (Å²) in [6, 6.07) is 11.9. The van der Waals surface area contributed by atoms with E-state index in [1.807, 2.05) is 6.07 Å². The maximum absolute atomic E-state index is 12.8. The molecule has 2 aliphatic heterocycles. The lowest BCUT2D eigenvalue weighted by Gasteiger charge is -2.22. The molecule has 2 heterocycles. The van der Waals surface area contributed by atoms with Crippen LogP contribution in [0.1, 0.15) is 17.3 Å². The molecule has 0 spiro atoms. The smallest absolute Gasteiger partial charge is 0.325 e. The van der Waals surface area contributed by atoms with E-state index < -0.39 is 0 Å². The minimum Gasteiger partial charge on any atom is -0.486 e. The number of hydrogen-bond donors (Lipinski definition) is 1. The summed E-state index contributed by atoms with van der Waals surface area (Å²) < 4.78 is 11.1. The normalized spacial score (nSPS) is 15.4. The van der Waals surface area contributed by atoms with E-state index in [2.05, 4.69) is 5.32 Å². The summed E-state index contributed by atoms with van der Waals surface area (Å²) in [5.41, 5.74) is 1.75. The minimum absolute atomic E-state index is 0.0653. The van der Waals surface area contributed by atoms with Crippen molar-refractivity contribution in [3.05, 3.63) is 48.0 Å². The quantitative estimate of drug-likeness (QED) is 0.786. The Hall–Kier alpha value is -3.55. The summed E-state index contributed by atoms with van der Waals surface area (Å²) in [7, 11) is 0. The molecule has 0 atom stereocenters. The second kappa shape index (κ2) is 7.83.